The lowest BCUT2D eigenvalue weighted by atomic mass is 9.88. The number of amides is 1. The van der Waals surface area contributed by atoms with Crippen LogP contribution in [0.4, 0.5) is 0 Å². The van der Waals surface area contributed by atoms with Crippen LogP contribution in [0.25, 0.3) is 0 Å². The Labute approximate surface area is 128 Å². The minimum Gasteiger partial charge on any atom is -0.375 e. The quantitative estimate of drug-likeness (QED) is 0.764. The first-order valence-corrected chi connectivity index (χ1v) is 8.35. The highest BCUT2D eigenvalue weighted by molar-refractivity contribution is 5.82. The normalized spacial score (nSPS) is 29.9. The van der Waals surface area contributed by atoms with Crippen LogP contribution < -0.4 is 10.6 Å². The molecule has 1 heterocycles. The monoisotopic (exact) mass is 297 g/mol. The van der Waals surface area contributed by atoms with Gasteiger partial charge in [-0.05, 0) is 33.9 Å². The standard InChI is InChI=1S/C16H31N3O2/c1-13-14(17-10-11-21-13)15(20)18-12-16(19(2)3)8-6-4-5-7-9-16/h13-14,17H,4-12H2,1-3H3,(H,18,20)/t13-,14+/m1/s1. The highest BCUT2D eigenvalue weighted by Gasteiger charge is 2.35. The van der Waals surface area contributed by atoms with Crippen LogP contribution in [-0.2, 0) is 9.53 Å². The number of ether oxygens (including phenoxy) is 1. The summed E-state index contributed by atoms with van der Waals surface area (Å²) in [6.45, 7) is 4.14. The summed E-state index contributed by atoms with van der Waals surface area (Å²) in [6, 6.07) is -0.219. The molecule has 1 aliphatic heterocycles. The SMILES string of the molecule is C[C@H]1OCCN[C@@H]1C(=O)NCC1(N(C)C)CCCCCC1. The van der Waals surface area contributed by atoms with Crippen LogP contribution in [0.5, 0.6) is 0 Å². The van der Waals surface area contributed by atoms with Crippen LogP contribution in [0.1, 0.15) is 45.4 Å². The van der Waals surface area contributed by atoms with Crippen LogP contribution in [0, 0.1) is 0 Å². The maximum atomic E-state index is 12.4. The van der Waals surface area contributed by atoms with E-state index in [0.29, 0.717) is 6.61 Å². The van der Waals surface area contributed by atoms with Crippen LogP contribution >= 0.6 is 0 Å². The van der Waals surface area contributed by atoms with Gasteiger partial charge in [0.2, 0.25) is 5.91 Å². The van der Waals surface area contributed by atoms with Crippen molar-refractivity contribution in [3.05, 3.63) is 0 Å². The molecule has 0 aromatic rings. The predicted molar refractivity (Wildman–Crippen MR) is 84.3 cm³/mol. The molecule has 0 aromatic heterocycles. The first kappa shape index (κ1) is 16.7. The first-order chi connectivity index (χ1) is 10.1. The molecule has 0 aromatic carbocycles. The lowest BCUT2D eigenvalue weighted by Gasteiger charge is -2.40. The van der Waals surface area contributed by atoms with Crippen molar-refractivity contribution in [3.63, 3.8) is 0 Å². The van der Waals surface area contributed by atoms with Gasteiger partial charge in [-0.25, -0.2) is 0 Å². The Morgan fingerprint density at radius 2 is 1.95 bits per heavy atom. The molecule has 1 saturated heterocycles. The van der Waals surface area contributed by atoms with E-state index in [-0.39, 0.29) is 23.6 Å². The van der Waals surface area contributed by atoms with E-state index in [1.54, 1.807) is 0 Å². The Bertz CT molecular complexity index is 338. The molecule has 5 heteroatoms. The third kappa shape index (κ3) is 4.18. The summed E-state index contributed by atoms with van der Waals surface area (Å²) in [5.74, 6) is 0.0765. The molecule has 0 bridgehead atoms. The van der Waals surface area contributed by atoms with Gasteiger partial charge in [0.05, 0.1) is 12.7 Å². The molecule has 0 spiro atoms. The summed E-state index contributed by atoms with van der Waals surface area (Å²) >= 11 is 0. The summed E-state index contributed by atoms with van der Waals surface area (Å²) < 4.78 is 5.56. The van der Waals surface area contributed by atoms with E-state index >= 15 is 0 Å². The Morgan fingerprint density at radius 1 is 1.29 bits per heavy atom. The number of carbonyl (C=O) groups is 1. The van der Waals surface area contributed by atoms with E-state index in [1.165, 1.54) is 38.5 Å². The number of rotatable bonds is 4. The van der Waals surface area contributed by atoms with Crippen molar-refractivity contribution >= 4 is 5.91 Å². The van der Waals surface area contributed by atoms with E-state index in [0.717, 1.165) is 13.1 Å². The zero-order valence-corrected chi connectivity index (χ0v) is 13.8. The molecule has 21 heavy (non-hydrogen) atoms. The van der Waals surface area contributed by atoms with Gasteiger partial charge in [0, 0.05) is 18.6 Å². The highest BCUT2D eigenvalue weighted by atomic mass is 16.5. The molecule has 2 rings (SSSR count). The fourth-order valence-corrected chi connectivity index (χ4v) is 3.56. The second-order valence-corrected chi connectivity index (χ2v) is 6.76. The number of hydrogen-bond donors (Lipinski definition) is 2. The second kappa shape index (κ2) is 7.56. The summed E-state index contributed by atoms with van der Waals surface area (Å²) in [5, 5.41) is 6.44. The average molecular weight is 297 g/mol. The van der Waals surface area contributed by atoms with Gasteiger partial charge in [-0.3, -0.25) is 4.79 Å². The van der Waals surface area contributed by atoms with E-state index in [9.17, 15) is 4.79 Å². The molecule has 0 radical (unpaired) electrons. The molecular weight excluding hydrogens is 266 g/mol. The van der Waals surface area contributed by atoms with Gasteiger partial charge in [0.15, 0.2) is 0 Å². The molecule has 1 amide bonds. The predicted octanol–water partition coefficient (Wildman–Crippen LogP) is 1.13. The summed E-state index contributed by atoms with van der Waals surface area (Å²) in [6.07, 6.45) is 7.44. The largest absolute Gasteiger partial charge is 0.375 e. The van der Waals surface area contributed by atoms with Crippen molar-refractivity contribution < 1.29 is 9.53 Å². The molecule has 2 fully saturated rings. The molecule has 5 nitrogen and oxygen atoms in total. The van der Waals surface area contributed by atoms with Crippen molar-refractivity contribution in [1.82, 2.24) is 15.5 Å². The second-order valence-electron chi connectivity index (χ2n) is 6.76. The van der Waals surface area contributed by atoms with E-state index in [2.05, 4.69) is 29.6 Å². The van der Waals surface area contributed by atoms with Crippen LogP contribution in [0.3, 0.4) is 0 Å². The molecule has 1 saturated carbocycles. The van der Waals surface area contributed by atoms with Crippen LogP contribution in [-0.4, -0.2) is 62.3 Å². The molecule has 2 N–H and O–H groups in total. The number of morpholine rings is 1. The third-order valence-corrected chi connectivity index (χ3v) is 5.17. The minimum absolute atomic E-state index is 0.0526. The van der Waals surface area contributed by atoms with Gasteiger partial charge >= 0.3 is 0 Å². The van der Waals surface area contributed by atoms with Crippen molar-refractivity contribution in [2.24, 2.45) is 0 Å². The molecule has 0 unspecified atom stereocenters. The van der Waals surface area contributed by atoms with Crippen molar-refractivity contribution in [3.8, 4) is 0 Å². The van der Waals surface area contributed by atoms with Gasteiger partial charge < -0.3 is 20.3 Å². The lowest BCUT2D eigenvalue weighted by Crippen LogP contribution is -2.59. The van der Waals surface area contributed by atoms with Crippen molar-refractivity contribution in [2.75, 3.05) is 33.8 Å². The summed E-state index contributed by atoms with van der Waals surface area (Å²) in [4.78, 5) is 14.7. The number of likely N-dealkylation sites (N-methyl/N-ethyl adjacent to an activating group) is 1. The van der Waals surface area contributed by atoms with Gasteiger partial charge in [0.25, 0.3) is 0 Å². The smallest absolute Gasteiger partial charge is 0.239 e. The van der Waals surface area contributed by atoms with Gasteiger partial charge in [-0.1, -0.05) is 25.7 Å². The maximum absolute atomic E-state index is 12.4. The highest BCUT2D eigenvalue weighted by Crippen LogP contribution is 2.30. The topological polar surface area (TPSA) is 53.6 Å². The molecule has 1 aliphatic carbocycles. The van der Waals surface area contributed by atoms with Crippen LogP contribution in [0.15, 0.2) is 0 Å². The van der Waals surface area contributed by atoms with Crippen molar-refractivity contribution in [2.45, 2.75) is 63.1 Å². The maximum Gasteiger partial charge on any atom is 0.239 e. The number of nitrogens with one attached hydrogen (secondary N) is 2. The zero-order valence-electron chi connectivity index (χ0n) is 13.8. The number of nitrogens with zero attached hydrogens (tertiary/aromatic N) is 1. The Kier molecular flexibility index (Phi) is 6.02. The Balaban J connectivity index is 1.93. The fraction of sp³-hybridized carbons (Fsp3) is 0.938. The van der Waals surface area contributed by atoms with Crippen molar-refractivity contribution in [1.29, 1.82) is 0 Å². The Morgan fingerprint density at radius 3 is 2.52 bits per heavy atom. The summed E-state index contributed by atoms with van der Waals surface area (Å²) in [7, 11) is 4.28. The first-order valence-electron chi connectivity index (χ1n) is 8.35. The molecule has 122 valence electrons. The number of hydrogen-bond acceptors (Lipinski definition) is 4. The third-order valence-electron chi connectivity index (χ3n) is 5.17. The minimum atomic E-state index is -0.219. The molecular formula is C16H31N3O2. The van der Waals surface area contributed by atoms with E-state index < -0.39 is 0 Å². The Hall–Kier alpha value is -0.650. The lowest BCUT2D eigenvalue weighted by molar-refractivity contribution is -0.129. The number of carbonyl (C=O) groups excluding carboxylic acids is 1. The average Bonchev–Trinajstić information content (AvgIpc) is 2.72. The summed E-state index contributed by atoms with van der Waals surface area (Å²) in [5.41, 5.74) is 0.116. The molecule has 2 aliphatic rings. The van der Waals surface area contributed by atoms with Gasteiger partial charge in [0.1, 0.15) is 6.04 Å². The van der Waals surface area contributed by atoms with E-state index in [4.69, 9.17) is 4.74 Å². The van der Waals surface area contributed by atoms with E-state index in [1.807, 2.05) is 6.92 Å². The van der Waals surface area contributed by atoms with Gasteiger partial charge in [-0.2, -0.15) is 0 Å². The van der Waals surface area contributed by atoms with Gasteiger partial charge in [-0.15, -0.1) is 0 Å². The molecule has 2 atom stereocenters. The zero-order chi connectivity index (χ0) is 15.3. The van der Waals surface area contributed by atoms with Crippen LogP contribution in [0.2, 0.25) is 0 Å². The fourth-order valence-electron chi connectivity index (χ4n) is 3.56.